The molecule has 1 N–H and O–H groups in total. The summed E-state index contributed by atoms with van der Waals surface area (Å²) in [5, 5.41) is 12.6. The second kappa shape index (κ2) is 5.38. The van der Waals surface area contributed by atoms with Crippen LogP contribution in [0.5, 0.6) is 0 Å². The summed E-state index contributed by atoms with van der Waals surface area (Å²) in [7, 11) is 0. The molecule has 1 aliphatic carbocycles. The van der Waals surface area contributed by atoms with Crippen molar-refractivity contribution in [2.24, 2.45) is 0 Å². The van der Waals surface area contributed by atoms with Crippen LogP contribution in [-0.2, 0) is 0 Å². The van der Waals surface area contributed by atoms with Crippen LogP contribution in [0.15, 0.2) is 48.8 Å². The molecule has 2 heterocycles. The lowest BCUT2D eigenvalue weighted by Crippen LogP contribution is -2.11. The summed E-state index contributed by atoms with van der Waals surface area (Å²) in [5.74, 6) is 0.404. The van der Waals surface area contributed by atoms with Crippen LogP contribution in [0.3, 0.4) is 0 Å². The molecule has 6 heteroatoms. The minimum atomic E-state index is -0.155. The highest BCUT2D eigenvalue weighted by atomic mass is 32.1. The zero-order valence-corrected chi connectivity index (χ0v) is 12.6. The van der Waals surface area contributed by atoms with Crippen LogP contribution in [0, 0.1) is 0 Å². The van der Waals surface area contributed by atoms with Crippen LogP contribution in [-0.4, -0.2) is 20.7 Å². The summed E-state index contributed by atoms with van der Waals surface area (Å²) in [6, 6.07) is 11.4. The van der Waals surface area contributed by atoms with Gasteiger partial charge in [0.15, 0.2) is 0 Å². The Labute approximate surface area is 131 Å². The maximum absolute atomic E-state index is 12.2. The fourth-order valence-corrected chi connectivity index (χ4v) is 3.15. The van der Waals surface area contributed by atoms with Crippen molar-refractivity contribution in [1.82, 2.24) is 14.8 Å². The van der Waals surface area contributed by atoms with Crippen LogP contribution >= 0.6 is 11.3 Å². The van der Waals surface area contributed by atoms with E-state index >= 15 is 0 Å². The molecule has 1 aromatic carbocycles. The number of hydrogen-bond acceptors (Lipinski definition) is 4. The highest BCUT2D eigenvalue weighted by molar-refractivity contribution is 7.15. The van der Waals surface area contributed by atoms with Gasteiger partial charge in [0.2, 0.25) is 5.13 Å². The number of carbonyl (C=O) groups excluding carboxylic acids is 1. The average molecular weight is 310 g/mol. The minimum Gasteiger partial charge on any atom is -0.324 e. The molecule has 0 saturated heterocycles. The molecule has 0 radical (unpaired) electrons. The van der Waals surface area contributed by atoms with Crippen molar-refractivity contribution in [3.63, 3.8) is 0 Å². The molecular formula is C16H14N4OS. The second-order valence-corrected chi connectivity index (χ2v) is 6.32. The Morgan fingerprint density at radius 3 is 2.55 bits per heavy atom. The third kappa shape index (κ3) is 2.65. The van der Waals surface area contributed by atoms with E-state index in [1.165, 1.54) is 24.2 Å². The van der Waals surface area contributed by atoms with Gasteiger partial charge in [-0.3, -0.25) is 10.1 Å². The summed E-state index contributed by atoms with van der Waals surface area (Å²) >= 11 is 1.47. The van der Waals surface area contributed by atoms with Gasteiger partial charge in [0.25, 0.3) is 5.91 Å². The number of amides is 1. The van der Waals surface area contributed by atoms with Crippen molar-refractivity contribution in [2.75, 3.05) is 5.32 Å². The summed E-state index contributed by atoms with van der Waals surface area (Å²) in [5.41, 5.74) is 1.63. The molecule has 2 aromatic heterocycles. The maximum atomic E-state index is 12.2. The van der Waals surface area contributed by atoms with Crippen molar-refractivity contribution in [3.05, 3.63) is 59.4 Å². The quantitative estimate of drug-likeness (QED) is 0.803. The number of rotatable bonds is 4. The lowest BCUT2D eigenvalue weighted by Gasteiger charge is -2.05. The van der Waals surface area contributed by atoms with Crippen LogP contribution in [0.25, 0.3) is 5.69 Å². The predicted molar refractivity (Wildman–Crippen MR) is 85.6 cm³/mol. The molecule has 5 nitrogen and oxygen atoms in total. The molecule has 1 amide bonds. The second-order valence-electron chi connectivity index (χ2n) is 5.31. The first-order valence-corrected chi connectivity index (χ1v) is 7.99. The molecule has 110 valence electrons. The zero-order valence-electron chi connectivity index (χ0n) is 11.8. The van der Waals surface area contributed by atoms with E-state index in [0.29, 0.717) is 16.6 Å². The van der Waals surface area contributed by atoms with Gasteiger partial charge in [0.05, 0.1) is 0 Å². The third-order valence-electron chi connectivity index (χ3n) is 3.62. The Kier molecular flexibility index (Phi) is 3.23. The molecule has 0 spiro atoms. The first-order chi connectivity index (χ1) is 10.8. The Morgan fingerprint density at radius 2 is 1.86 bits per heavy atom. The molecule has 1 saturated carbocycles. The van der Waals surface area contributed by atoms with E-state index in [0.717, 1.165) is 10.7 Å². The van der Waals surface area contributed by atoms with E-state index in [2.05, 4.69) is 15.5 Å². The molecule has 3 aromatic rings. The Balaban J connectivity index is 1.47. The number of nitrogens with one attached hydrogen (secondary N) is 1. The Morgan fingerprint density at radius 1 is 1.14 bits per heavy atom. The van der Waals surface area contributed by atoms with Crippen LogP contribution in [0.4, 0.5) is 5.13 Å². The van der Waals surface area contributed by atoms with Gasteiger partial charge in [-0.05, 0) is 49.2 Å². The van der Waals surface area contributed by atoms with Gasteiger partial charge in [-0.2, -0.15) is 0 Å². The lowest BCUT2D eigenvalue weighted by molar-refractivity contribution is 0.102. The number of anilines is 1. The number of carbonyl (C=O) groups is 1. The number of benzene rings is 1. The highest BCUT2D eigenvalue weighted by Gasteiger charge is 2.27. The topological polar surface area (TPSA) is 59.8 Å². The molecule has 0 atom stereocenters. The fourth-order valence-electron chi connectivity index (χ4n) is 2.24. The van der Waals surface area contributed by atoms with Gasteiger partial charge in [-0.1, -0.05) is 11.3 Å². The third-order valence-corrected chi connectivity index (χ3v) is 4.62. The largest absolute Gasteiger partial charge is 0.324 e. The lowest BCUT2D eigenvalue weighted by atomic mass is 10.2. The fraction of sp³-hybridized carbons (Fsp3) is 0.188. The summed E-state index contributed by atoms with van der Waals surface area (Å²) in [4.78, 5) is 12.2. The van der Waals surface area contributed by atoms with Crippen LogP contribution in [0.1, 0.15) is 34.1 Å². The minimum absolute atomic E-state index is 0.155. The molecule has 4 rings (SSSR count). The zero-order chi connectivity index (χ0) is 14.9. The van der Waals surface area contributed by atoms with Gasteiger partial charge in [0, 0.05) is 29.6 Å². The first-order valence-electron chi connectivity index (χ1n) is 7.18. The summed E-state index contributed by atoms with van der Waals surface area (Å²) in [6.07, 6.45) is 6.30. The van der Waals surface area contributed by atoms with Crippen molar-refractivity contribution >= 4 is 22.4 Å². The first kappa shape index (κ1) is 13.2. The monoisotopic (exact) mass is 310 g/mol. The molecule has 1 aliphatic rings. The van der Waals surface area contributed by atoms with Crippen molar-refractivity contribution < 1.29 is 4.79 Å². The SMILES string of the molecule is O=C(Nc1nnc(C2CC2)s1)c1ccc(-n2cccc2)cc1. The maximum Gasteiger partial charge on any atom is 0.257 e. The average Bonchev–Trinajstić information content (AvgIpc) is 3.06. The molecular weight excluding hydrogens is 296 g/mol. The van der Waals surface area contributed by atoms with Gasteiger partial charge < -0.3 is 4.57 Å². The van der Waals surface area contributed by atoms with E-state index in [-0.39, 0.29) is 5.91 Å². The van der Waals surface area contributed by atoms with Gasteiger partial charge in [0.1, 0.15) is 5.01 Å². The van der Waals surface area contributed by atoms with Crippen molar-refractivity contribution in [2.45, 2.75) is 18.8 Å². The van der Waals surface area contributed by atoms with E-state index < -0.39 is 0 Å². The van der Waals surface area contributed by atoms with Gasteiger partial charge in [-0.15, -0.1) is 10.2 Å². The molecule has 0 aliphatic heterocycles. The van der Waals surface area contributed by atoms with Gasteiger partial charge in [-0.25, -0.2) is 0 Å². The Bertz CT molecular complexity index is 788. The summed E-state index contributed by atoms with van der Waals surface area (Å²) < 4.78 is 1.99. The number of aromatic nitrogens is 3. The molecule has 1 fully saturated rings. The van der Waals surface area contributed by atoms with Crippen LogP contribution < -0.4 is 5.32 Å². The Hall–Kier alpha value is -2.47. The normalized spacial score (nSPS) is 14.0. The van der Waals surface area contributed by atoms with E-state index in [1.807, 2.05) is 53.4 Å². The number of nitrogens with zero attached hydrogens (tertiary/aromatic N) is 3. The molecule has 0 bridgehead atoms. The molecule has 22 heavy (non-hydrogen) atoms. The van der Waals surface area contributed by atoms with E-state index in [9.17, 15) is 4.79 Å². The van der Waals surface area contributed by atoms with Crippen molar-refractivity contribution in [3.8, 4) is 5.69 Å². The van der Waals surface area contributed by atoms with Crippen molar-refractivity contribution in [1.29, 1.82) is 0 Å². The predicted octanol–water partition coefficient (Wildman–Crippen LogP) is 3.46. The summed E-state index contributed by atoms with van der Waals surface area (Å²) in [6.45, 7) is 0. The van der Waals surface area contributed by atoms with E-state index in [1.54, 1.807) is 0 Å². The van der Waals surface area contributed by atoms with Crippen LogP contribution in [0.2, 0.25) is 0 Å². The van der Waals surface area contributed by atoms with Gasteiger partial charge >= 0.3 is 0 Å². The number of hydrogen-bond donors (Lipinski definition) is 1. The smallest absolute Gasteiger partial charge is 0.257 e. The molecule has 0 unspecified atom stereocenters. The highest BCUT2D eigenvalue weighted by Crippen LogP contribution is 2.42. The van der Waals surface area contributed by atoms with E-state index in [4.69, 9.17) is 0 Å². The standard InChI is InChI=1S/C16H14N4OS/c21-14(17-16-19-18-15(22-16)12-3-4-12)11-5-7-13(8-6-11)20-9-1-2-10-20/h1-2,5-10,12H,3-4H2,(H,17,19,21).